The first kappa shape index (κ1) is 11.7. The Bertz CT molecular complexity index is 326. The fourth-order valence-corrected chi connectivity index (χ4v) is 2.87. The van der Waals surface area contributed by atoms with Crippen LogP contribution in [0.3, 0.4) is 0 Å². The molecule has 4 heteroatoms. The predicted molar refractivity (Wildman–Crippen MR) is 61.0 cm³/mol. The molecule has 1 aromatic rings. The minimum absolute atomic E-state index is 0.00472. The molecule has 2 atom stereocenters. The van der Waals surface area contributed by atoms with Crippen LogP contribution in [-0.2, 0) is 10.8 Å². The summed E-state index contributed by atoms with van der Waals surface area (Å²) >= 11 is 5.94. The topological polar surface area (TPSA) is 43.1 Å². The van der Waals surface area contributed by atoms with E-state index in [4.69, 9.17) is 17.3 Å². The minimum Gasteiger partial charge on any atom is -0.329 e. The maximum absolute atomic E-state index is 12.0. The number of halogens is 1. The quantitative estimate of drug-likeness (QED) is 0.863. The van der Waals surface area contributed by atoms with Crippen LogP contribution in [0.15, 0.2) is 29.2 Å². The average molecular weight is 232 g/mol. The van der Waals surface area contributed by atoms with Gasteiger partial charge in [0, 0.05) is 6.54 Å². The number of benzene rings is 1. The van der Waals surface area contributed by atoms with Crippen molar-refractivity contribution in [1.82, 2.24) is 0 Å². The lowest BCUT2D eigenvalue weighted by molar-refractivity contribution is 0.664. The Labute approximate surface area is 91.9 Å². The molecule has 1 rings (SSSR count). The van der Waals surface area contributed by atoms with Crippen LogP contribution in [0.25, 0.3) is 0 Å². The summed E-state index contributed by atoms with van der Waals surface area (Å²) in [4.78, 5) is 0.687. The third kappa shape index (κ3) is 2.56. The highest BCUT2D eigenvalue weighted by Gasteiger charge is 2.16. The molecule has 0 aromatic heterocycles. The van der Waals surface area contributed by atoms with Crippen molar-refractivity contribution in [3.05, 3.63) is 29.3 Å². The summed E-state index contributed by atoms with van der Waals surface area (Å²) in [7, 11) is -1.09. The number of nitrogens with two attached hydrogens (primary N) is 1. The van der Waals surface area contributed by atoms with E-state index < -0.39 is 10.8 Å². The molecule has 0 heterocycles. The molecular formula is C10H14ClNOS. The zero-order valence-corrected chi connectivity index (χ0v) is 9.65. The van der Waals surface area contributed by atoms with Crippen molar-refractivity contribution in [2.45, 2.75) is 23.5 Å². The van der Waals surface area contributed by atoms with Gasteiger partial charge in [0.25, 0.3) is 0 Å². The fraction of sp³-hybridized carbons (Fsp3) is 0.400. The van der Waals surface area contributed by atoms with Gasteiger partial charge in [-0.15, -0.1) is 0 Å². The third-order valence-corrected chi connectivity index (χ3v) is 4.44. The van der Waals surface area contributed by atoms with E-state index in [1.807, 2.05) is 19.1 Å². The largest absolute Gasteiger partial charge is 0.329 e. The third-order valence-electron chi connectivity index (χ3n) is 2.07. The second-order valence-corrected chi connectivity index (χ2v) is 5.10. The number of hydrogen-bond donors (Lipinski definition) is 1. The van der Waals surface area contributed by atoms with Crippen molar-refractivity contribution in [3.63, 3.8) is 0 Å². The predicted octanol–water partition coefficient (Wildman–Crippen LogP) is 2.18. The Kier molecular flexibility index (Phi) is 4.58. The summed E-state index contributed by atoms with van der Waals surface area (Å²) in [5, 5.41) is 0.549. The van der Waals surface area contributed by atoms with Crippen LogP contribution in [0.2, 0.25) is 5.02 Å². The van der Waals surface area contributed by atoms with Crippen LogP contribution >= 0.6 is 11.6 Å². The van der Waals surface area contributed by atoms with Crippen molar-refractivity contribution in [2.24, 2.45) is 5.73 Å². The highest BCUT2D eigenvalue weighted by atomic mass is 35.5. The van der Waals surface area contributed by atoms with Gasteiger partial charge >= 0.3 is 0 Å². The van der Waals surface area contributed by atoms with Crippen molar-refractivity contribution in [1.29, 1.82) is 0 Å². The summed E-state index contributed by atoms with van der Waals surface area (Å²) in [6.07, 6.45) is 0.800. The Balaban J connectivity index is 2.94. The first-order valence-electron chi connectivity index (χ1n) is 4.55. The molecule has 1 aromatic carbocycles. The maximum atomic E-state index is 12.0. The van der Waals surface area contributed by atoms with Gasteiger partial charge in [0.2, 0.25) is 0 Å². The summed E-state index contributed by atoms with van der Waals surface area (Å²) in [6.45, 7) is 2.40. The van der Waals surface area contributed by atoms with E-state index in [1.54, 1.807) is 12.1 Å². The lowest BCUT2D eigenvalue weighted by Gasteiger charge is -2.12. The molecule has 78 valence electrons. The molecule has 2 nitrogen and oxygen atoms in total. The lowest BCUT2D eigenvalue weighted by Crippen LogP contribution is -2.24. The SMILES string of the molecule is CCC(CN)S(=O)c1ccccc1Cl. The van der Waals surface area contributed by atoms with Gasteiger partial charge in [-0.3, -0.25) is 4.21 Å². The van der Waals surface area contributed by atoms with Gasteiger partial charge in [-0.2, -0.15) is 0 Å². The maximum Gasteiger partial charge on any atom is 0.0588 e. The first-order chi connectivity index (χ1) is 6.70. The Morgan fingerprint density at radius 2 is 2.14 bits per heavy atom. The molecule has 0 aliphatic rings. The number of rotatable bonds is 4. The molecule has 0 aliphatic carbocycles. The monoisotopic (exact) mass is 231 g/mol. The highest BCUT2D eigenvalue weighted by molar-refractivity contribution is 7.85. The van der Waals surface area contributed by atoms with Gasteiger partial charge in [-0.25, -0.2) is 0 Å². The molecule has 0 saturated heterocycles. The van der Waals surface area contributed by atoms with Gasteiger partial charge in [0.15, 0.2) is 0 Å². The van der Waals surface area contributed by atoms with Crippen molar-refractivity contribution in [2.75, 3.05) is 6.54 Å². The number of hydrogen-bond acceptors (Lipinski definition) is 2. The molecular weight excluding hydrogens is 218 g/mol. The molecule has 0 saturated carbocycles. The van der Waals surface area contributed by atoms with E-state index in [1.165, 1.54) is 0 Å². The van der Waals surface area contributed by atoms with E-state index in [0.29, 0.717) is 16.5 Å². The van der Waals surface area contributed by atoms with Crippen LogP contribution in [0.1, 0.15) is 13.3 Å². The zero-order valence-electron chi connectivity index (χ0n) is 8.07. The summed E-state index contributed by atoms with van der Waals surface area (Å²) in [5.41, 5.74) is 5.54. The van der Waals surface area contributed by atoms with Crippen LogP contribution in [0, 0.1) is 0 Å². The summed E-state index contributed by atoms with van der Waals surface area (Å²) < 4.78 is 12.0. The standard InChI is InChI=1S/C10H14ClNOS/c1-2-8(7-12)14(13)10-6-4-3-5-9(10)11/h3-6,8H,2,7,12H2,1H3. The molecule has 0 fully saturated rings. The van der Waals surface area contributed by atoms with E-state index in [-0.39, 0.29) is 5.25 Å². The van der Waals surface area contributed by atoms with E-state index >= 15 is 0 Å². The molecule has 0 amide bonds. The van der Waals surface area contributed by atoms with Gasteiger partial charge < -0.3 is 5.73 Å². The van der Waals surface area contributed by atoms with Crippen molar-refractivity contribution < 1.29 is 4.21 Å². The van der Waals surface area contributed by atoms with Gasteiger partial charge in [0.05, 0.1) is 26.0 Å². The normalized spacial score (nSPS) is 15.1. The molecule has 0 spiro atoms. The second kappa shape index (κ2) is 5.49. The summed E-state index contributed by atoms with van der Waals surface area (Å²) in [6, 6.07) is 7.20. The van der Waals surface area contributed by atoms with Crippen LogP contribution in [0.4, 0.5) is 0 Å². The molecule has 2 N–H and O–H groups in total. The summed E-state index contributed by atoms with van der Waals surface area (Å²) in [5.74, 6) is 0. The van der Waals surface area contributed by atoms with E-state index in [0.717, 1.165) is 6.42 Å². The first-order valence-corrected chi connectivity index (χ1v) is 6.15. The zero-order chi connectivity index (χ0) is 10.6. The smallest absolute Gasteiger partial charge is 0.0588 e. The Morgan fingerprint density at radius 3 is 2.64 bits per heavy atom. The van der Waals surface area contributed by atoms with E-state index in [2.05, 4.69) is 0 Å². The lowest BCUT2D eigenvalue weighted by atomic mass is 10.3. The molecule has 0 aliphatic heterocycles. The van der Waals surface area contributed by atoms with Crippen LogP contribution < -0.4 is 5.73 Å². The fourth-order valence-electron chi connectivity index (χ4n) is 1.19. The van der Waals surface area contributed by atoms with Gasteiger partial charge in [-0.05, 0) is 18.6 Å². The van der Waals surface area contributed by atoms with E-state index in [9.17, 15) is 4.21 Å². The second-order valence-electron chi connectivity index (χ2n) is 2.99. The Hall–Kier alpha value is -0.380. The average Bonchev–Trinajstić information content (AvgIpc) is 2.20. The van der Waals surface area contributed by atoms with Gasteiger partial charge in [0.1, 0.15) is 0 Å². The van der Waals surface area contributed by atoms with Crippen LogP contribution in [0.5, 0.6) is 0 Å². The molecule has 14 heavy (non-hydrogen) atoms. The van der Waals surface area contributed by atoms with Gasteiger partial charge in [-0.1, -0.05) is 30.7 Å². The highest BCUT2D eigenvalue weighted by Crippen LogP contribution is 2.22. The minimum atomic E-state index is -1.09. The molecule has 0 radical (unpaired) electrons. The van der Waals surface area contributed by atoms with Crippen molar-refractivity contribution >= 4 is 22.4 Å². The molecule has 2 unspecified atom stereocenters. The molecule has 0 bridgehead atoms. The van der Waals surface area contributed by atoms with Crippen molar-refractivity contribution in [3.8, 4) is 0 Å². The Morgan fingerprint density at radius 1 is 1.50 bits per heavy atom. The van der Waals surface area contributed by atoms with Crippen LogP contribution in [-0.4, -0.2) is 16.0 Å².